The number of fused-ring (bicyclic) bond motifs is 1. The van der Waals surface area contributed by atoms with Crippen LogP contribution in [0, 0.1) is 13.8 Å². The summed E-state index contributed by atoms with van der Waals surface area (Å²) in [7, 11) is 0. The van der Waals surface area contributed by atoms with E-state index in [1.165, 1.54) is 11.2 Å². The molecule has 0 spiro atoms. The number of phenols is 1. The second-order valence-electron chi connectivity index (χ2n) is 4.47. The third kappa shape index (κ3) is 2.19. The summed E-state index contributed by atoms with van der Waals surface area (Å²) in [4.78, 5) is 10.7. The van der Waals surface area contributed by atoms with E-state index in [1.807, 2.05) is 6.92 Å². The molecule has 0 saturated carbocycles. The summed E-state index contributed by atoms with van der Waals surface area (Å²) < 4.78 is 0. The maximum Gasteiger partial charge on any atom is 0.142 e. The third-order valence-electron chi connectivity index (χ3n) is 3.18. The molecule has 0 atom stereocenters. The Morgan fingerprint density at radius 3 is 2.85 bits per heavy atom. The minimum Gasteiger partial charge on any atom is -0.506 e. The molecule has 3 aromatic rings. The molecule has 0 bridgehead atoms. The van der Waals surface area contributed by atoms with Crippen molar-refractivity contribution in [2.24, 2.45) is 0 Å². The van der Waals surface area contributed by atoms with Crippen LogP contribution in [0.2, 0.25) is 5.02 Å². The van der Waals surface area contributed by atoms with Gasteiger partial charge in [0.15, 0.2) is 0 Å². The van der Waals surface area contributed by atoms with E-state index in [0.29, 0.717) is 16.5 Å². The van der Waals surface area contributed by atoms with Gasteiger partial charge in [0.2, 0.25) is 0 Å². The Morgan fingerprint density at radius 1 is 1.25 bits per heavy atom. The molecule has 0 saturated heterocycles. The van der Waals surface area contributed by atoms with E-state index >= 15 is 0 Å². The normalized spacial score (nSPS) is 10.9. The molecular weight excluding hydrogens is 294 g/mol. The predicted octanol–water partition coefficient (Wildman–Crippen LogP) is 4.41. The number of anilines is 2. The fourth-order valence-electron chi connectivity index (χ4n) is 2.01. The Labute approximate surface area is 125 Å². The highest BCUT2D eigenvalue weighted by atomic mass is 35.5. The summed E-state index contributed by atoms with van der Waals surface area (Å²) in [6, 6.07) is 4.85. The van der Waals surface area contributed by atoms with Gasteiger partial charge in [-0.25, -0.2) is 9.97 Å². The van der Waals surface area contributed by atoms with Crippen molar-refractivity contribution in [1.29, 1.82) is 0 Å². The molecule has 0 unspecified atom stereocenters. The van der Waals surface area contributed by atoms with Crippen LogP contribution in [0.4, 0.5) is 11.5 Å². The molecule has 1 aromatic carbocycles. The van der Waals surface area contributed by atoms with Crippen LogP contribution in [0.5, 0.6) is 5.75 Å². The van der Waals surface area contributed by atoms with Crippen LogP contribution >= 0.6 is 22.9 Å². The average molecular weight is 306 g/mol. The van der Waals surface area contributed by atoms with Crippen molar-refractivity contribution in [3.05, 3.63) is 40.0 Å². The SMILES string of the molecule is Cc1sc2ncnc(Nc3cc(Cl)ccc3O)c2c1C. The molecule has 0 aliphatic carbocycles. The number of nitrogens with zero attached hydrogens (tertiary/aromatic N) is 2. The number of thiophene rings is 1. The zero-order valence-electron chi connectivity index (χ0n) is 10.9. The number of halogens is 1. The molecule has 4 nitrogen and oxygen atoms in total. The number of aromatic nitrogens is 2. The maximum absolute atomic E-state index is 9.88. The molecule has 0 amide bonds. The van der Waals surface area contributed by atoms with Crippen molar-refractivity contribution < 1.29 is 5.11 Å². The van der Waals surface area contributed by atoms with E-state index in [1.54, 1.807) is 29.5 Å². The summed E-state index contributed by atoms with van der Waals surface area (Å²) in [5.41, 5.74) is 1.68. The van der Waals surface area contributed by atoms with Crippen molar-refractivity contribution in [2.75, 3.05) is 5.32 Å². The van der Waals surface area contributed by atoms with Gasteiger partial charge in [0.25, 0.3) is 0 Å². The van der Waals surface area contributed by atoms with Gasteiger partial charge in [-0.1, -0.05) is 11.6 Å². The zero-order valence-corrected chi connectivity index (χ0v) is 12.5. The van der Waals surface area contributed by atoms with Gasteiger partial charge in [0.05, 0.1) is 11.1 Å². The van der Waals surface area contributed by atoms with Crippen molar-refractivity contribution in [1.82, 2.24) is 9.97 Å². The minimum atomic E-state index is 0.130. The van der Waals surface area contributed by atoms with Gasteiger partial charge >= 0.3 is 0 Å². The number of aromatic hydroxyl groups is 1. The maximum atomic E-state index is 9.88. The number of phenolic OH excluding ortho intramolecular Hbond substituents is 1. The number of hydrogen-bond donors (Lipinski definition) is 2. The number of rotatable bonds is 2. The summed E-state index contributed by atoms with van der Waals surface area (Å²) >= 11 is 7.59. The summed E-state index contributed by atoms with van der Waals surface area (Å²) in [5, 5.41) is 14.5. The first-order valence-corrected chi connectivity index (χ1v) is 7.22. The van der Waals surface area contributed by atoms with Gasteiger partial charge in [-0.2, -0.15) is 0 Å². The number of aryl methyl sites for hydroxylation is 2. The summed E-state index contributed by atoms with van der Waals surface area (Å²) in [6.07, 6.45) is 1.52. The first-order valence-electron chi connectivity index (χ1n) is 6.02. The molecule has 2 N–H and O–H groups in total. The van der Waals surface area contributed by atoms with Crippen LogP contribution in [-0.2, 0) is 0 Å². The molecular formula is C14H12ClN3OS. The highest BCUT2D eigenvalue weighted by Gasteiger charge is 2.13. The number of nitrogens with one attached hydrogen (secondary N) is 1. The average Bonchev–Trinajstić information content (AvgIpc) is 2.71. The first kappa shape index (κ1) is 13.1. The summed E-state index contributed by atoms with van der Waals surface area (Å²) in [5.74, 6) is 0.806. The Balaban J connectivity index is 2.13. The summed E-state index contributed by atoms with van der Waals surface area (Å²) in [6.45, 7) is 4.10. The van der Waals surface area contributed by atoms with E-state index in [4.69, 9.17) is 11.6 Å². The van der Waals surface area contributed by atoms with Crippen LogP contribution in [0.1, 0.15) is 10.4 Å². The van der Waals surface area contributed by atoms with E-state index in [0.717, 1.165) is 15.8 Å². The van der Waals surface area contributed by atoms with Gasteiger partial charge in [-0.05, 0) is 37.6 Å². The van der Waals surface area contributed by atoms with Crippen molar-refractivity contribution in [2.45, 2.75) is 13.8 Å². The highest BCUT2D eigenvalue weighted by molar-refractivity contribution is 7.18. The Kier molecular flexibility index (Phi) is 3.23. The smallest absolute Gasteiger partial charge is 0.142 e. The standard InChI is InChI=1S/C14H12ClN3OS/c1-7-8(2)20-14-12(7)13(16-6-17-14)18-10-5-9(15)3-4-11(10)19/h3-6,19H,1-2H3,(H,16,17,18). The topological polar surface area (TPSA) is 58.0 Å². The van der Waals surface area contributed by atoms with Gasteiger partial charge in [0, 0.05) is 9.90 Å². The molecule has 2 aromatic heterocycles. The van der Waals surface area contributed by atoms with Crippen molar-refractivity contribution in [3.63, 3.8) is 0 Å². The van der Waals surface area contributed by atoms with Gasteiger partial charge < -0.3 is 10.4 Å². The minimum absolute atomic E-state index is 0.130. The Bertz CT molecular complexity index is 800. The van der Waals surface area contributed by atoms with Crippen LogP contribution in [0.3, 0.4) is 0 Å². The van der Waals surface area contributed by atoms with Gasteiger partial charge in [-0.3, -0.25) is 0 Å². The Hall–Kier alpha value is -1.85. The Morgan fingerprint density at radius 2 is 2.05 bits per heavy atom. The van der Waals surface area contributed by atoms with Gasteiger partial charge in [0.1, 0.15) is 22.7 Å². The third-order valence-corrected chi connectivity index (χ3v) is 4.53. The zero-order chi connectivity index (χ0) is 14.3. The molecule has 102 valence electrons. The second-order valence-corrected chi connectivity index (χ2v) is 6.11. The highest BCUT2D eigenvalue weighted by Crippen LogP contribution is 2.36. The van der Waals surface area contributed by atoms with Crippen molar-refractivity contribution in [3.8, 4) is 5.75 Å². The van der Waals surface area contributed by atoms with E-state index < -0.39 is 0 Å². The lowest BCUT2D eigenvalue weighted by atomic mass is 10.2. The predicted molar refractivity (Wildman–Crippen MR) is 83.3 cm³/mol. The van der Waals surface area contributed by atoms with E-state index in [-0.39, 0.29) is 5.75 Å². The first-order chi connectivity index (χ1) is 9.56. The number of hydrogen-bond acceptors (Lipinski definition) is 5. The van der Waals surface area contributed by atoms with Gasteiger partial charge in [-0.15, -0.1) is 11.3 Å². The van der Waals surface area contributed by atoms with Crippen LogP contribution in [-0.4, -0.2) is 15.1 Å². The monoisotopic (exact) mass is 305 g/mol. The molecule has 0 radical (unpaired) electrons. The van der Waals surface area contributed by atoms with Crippen molar-refractivity contribution >= 4 is 44.7 Å². The van der Waals surface area contributed by atoms with Crippen LogP contribution < -0.4 is 5.32 Å². The lowest BCUT2D eigenvalue weighted by Gasteiger charge is -2.09. The largest absolute Gasteiger partial charge is 0.506 e. The molecule has 0 fully saturated rings. The van der Waals surface area contributed by atoms with Crippen LogP contribution in [0.25, 0.3) is 10.2 Å². The molecule has 20 heavy (non-hydrogen) atoms. The molecule has 2 heterocycles. The molecule has 0 aliphatic rings. The quantitative estimate of drug-likeness (QED) is 0.688. The molecule has 6 heteroatoms. The lowest BCUT2D eigenvalue weighted by Crippen LogP contribution is -1.96. The fraction of sp³-hybridized carbons (Fsp3) is 0.143. The van der Waals surface area contributed by atoms with E-state index in [2.05, 4.69) is 22.2 Å². The number of benzene rings is 1. The second kappa shape index (κ2) is 4.92. The molecule has 3 rings (SSSR count). The fourth-order valence-corrected chi connectivity index (χ4v) is 3.18. The lowest BCUT2D eigenvalue weighted by molar-refractivity contribution is 0.478. The van der Waals surface area contributed by atoms with Crippen LogP contribution in [0.15, 0.2) is 24.5 Å². The van der Waals surface area contributed by atoms with E-state index in [9.17, 15) is 5.11 Å². The molecule has 0 aliphatic heterocycles.